The van der Waals surface area contributed by atoms with E-state index in [1.54, 1.807) is 7.11 Å². The molecule has 7 nitrogen and oxygen atoms in total. The number of nitrogens with two attached hydrogens (primary N) is 1. The fraction of sp³-hybridized carbons (Fsp3) is 0.727. The first kappa shape index (κ1) is 12.8. The highest BCUT2D eigenvalue weighted by molar-refractivity contribution is 5.37. The Morgan fingerprint density at radius 1 is 1.39 bits per heavy atom. The summed E-state index contributed by atoms with van der Waals surface area (Å²) in [4.78, 5) is 14.4. The smallest absolute Gasteiger partial charge is 0.323 e. The highest BCUT2D eigenvalue weighted by Gasteiger charge is 2.25. The van der Waals surface area contributed by atoms with Crippen molar-refractivity contribution in [1.29, 1.82) is 0 Å². The van der Waals surface area contributed by atoms with Crippen LogP contribution in [0.1, 0.15) is 13.3 Å². The summed E-state index contributed by atoms with van der Waals surface area (Å²) in [7, 11) is 1.72. The number of anilines is 2. The predicted molar refractivity (Wildman–Crippen MR) is 67.6 cm³/mol. The maximum atomic E-state index is 5.66. The molecule has 0 spiro atoms. The summed E-state index contributed by atoms with van der Waals surface area (Å²) in [6, 6.07) is 0.287. The van der Waals surface area contributed by atoms with Gasteiger partial charge in [-0.1, -0.05) is 0 Å². The second-order valence-electron chi connectivity index (χ2n) is 4.27. The molecular weight excluding hydrogens is 234 g/mol. The lowest BCUT2D eigenvalue weighted by atomic mass is 10.1. The molecule has 1 unspecified atom stereocenters. The van der Waals surface area contributed by atoms with Gasteiger partial charge in [0.05, 0.1) is 13.2 Å². The molecule has 0 radical (unpaired) electrons. The molecule has 2 N–H and O–H groups in total. The summed E-state index contributed by atoms with van der Waals surface area (Å²) in [6.07, 6.45) is 1.07. The van der Waals surface area contributed by atoms with Crippen LogP contribution in [0.15, 0.2) is 0 Å². The van der Waals surface area contributed by atoms with Crippen LogP contribution >= 0.6 is 0 Å². The number of hydrogen-bond donors (Lipinski definition) is 1. The number of ether oxygens (including phenoxy) is 2. The van der Waals surface area contributed by atoms with Gasteiger partial charge in [0.1, 0.15) is 0 Å². The Labute approximate surface area is 106 Å². The molecule has 1 aromatic rings. The largest absolute Gasteiger partial charge is 0.464 e. The van der Waals surface area contributed by atoms with E-state index in [1.807, 2.05) is 6.92 Å². The lowest BCUT2D eigenvalue weighted by Crippen LogP contribution is -2.24. The van der Waals surface area contributed by atoms with Crippen LogP contribution in [0.2, 0.25) is 0 Å². The van der Waals surface area contributed by atoms with Crippen LogP contribution < -0.4 is 15.4 Å². The van der Waals surface area contributed by atoms with E-state index in [4.69, 9.17) is 15.2 Å². The van der Waals surface area contributed by atoms with Gasteiger partial charge in [-0.15, -0.1) is 0 Å². The molecule has 7 heteroatoms. The maximum Gasteiger partial charge on any atom is 0.323 e. The van der Waals surface area contributed by atoms with E-state index in [0.29, 0.717) is 18.5 Å². The van der Waals surface area contributed by atoms with Gasteiger partial charge in [-0.05, 0) is 13.3 Å². The fourth-order valence-corrected chi connectivity index (χ4v) is 2.08. The molecule has 18 heavy (non-hydrogen) atoms. The molecule has 1 fully saturated rings. The standard InChI is InChI=1S/C11H19N5O2/c1-3-18-11-14-9(12)13-10(15-11)16-5-4-8(6-16)7-17-2/h8H,3-7H2,1-2H3,(H2,12,13,14,15). The zero-order valence-corrected chi connectivity index (χ0v) is 10.8. The van der Waals surface area contributed by atoms with Crippen LogP contribution in [0.3, 0.4) is 0 Å². The van der Waals surface area contributed by atoms with Gasteiger partial charge in [-0.25, -0.2) is 0 Å². The van der Waals surface area contributed by atoms with E-state index in [1.165, 1.54) is 0 Å². The summed E-state index contributed by atoms with van der Waals surface area (Å²) in [5.41, 5.74) is 5.66. The van der Waals surface area contributed by atoms with E-state index in [0.717, 1.165) is 26.1 Å². The van der Waals surface area contributed by atoms with Crippen molar-refractivity contribution in [3.8, 4) is 6.01 Å². The molecular formula is C11H19N5O2. The summed E-state index contributed by atoms with van der Waals surface area (Å²) in [5.74, 6) is 1.30. The van der Waals surface area contributed by atoms with Gasteiger partial charge >= 0.3 is 6.01 Å². The average molecular weight is 253 g/mol. The van der Waals surface area contributed by atoms with Gasteiger partial charge in [0, 0.05) is 26.1 Å². The number of methoxy groups -OCH3 is 1. The molecule has 1 aliphatic heterocycles. The second-order valence-corrected chi connectivity index (χ2v) is 4.27. The third-order valence-corrected chi connectivity index (χ3v) is 2.86. The van der Waals surface area contributed by atoms with Crippen LogP contribution in [0, 0.1) is 5.92 Å². The van der Waals surface area contributed by atoms with Crippen LogP contribution in [-0.2, 0) is 4.74 Å². The van der Waals surface area contributed by atoms with Crippen molar-refractivity contribution >= 4 is 11.9 Å². The van der Waals surface area contributed by atoms with E-state index < -0.39 is 0 Å². The molecule has 2 heterocycles. The SMILES string of the molecule is CCOc1nc(N)nc(N2CCC(COC)C2)n1. The molecule has 0 amide bonds. The maximum absolute atomic E-state index is 5.66. The Kier molecular flexibility index (Phi) is 4.14. The minimum absolute atomic E-state index is 0.193. The molecule has 2 rings (SSSR count). The van der Waals surface area contributed by atoms with Gasteiger partial charge in [-0.3, -0.25) is 0 Å². The minimum Gasteiger partial charge on any atom is -0.464 e. The lowest BCUT2D eigenvalue weighted by molar-refractivity contribution is 0.161. The van der Waals surface area contributed by atoms with E-state index in [-0.39, 0.29) is 12.0 Å². The number of nitrogens with zero attached hydrogens (tertiary/aromatic N) is 4. The Balaban J connectivity index is 2.08. The van der Waals surface area contributed by atoms with Crippen molar-refractivity contribution in [2.75, 3.05) is 44.0 Å². The first-order valence-corrected chi connectivity index (χ1v) is 6.11. The van der Waals surface area contributed by atoms with E-state index in [9.17, 15) is 0 Å². The van der Waals surface area contributed by atoms with Gasteiger partial charge in [0.2, 0.25) is 11.9 Å². The number of hydrogen-bond acceptors (Lipinski definition) is 7. The molecule has 1 aromatic heterocycles. The topological polar surface area (TPSA) is 86.4 Å². The number of rotatable bonds is 5. The van der Waals surface area contributed by atoms with Gasteiger partial charge < -0.3 is 20.1 Å². The molecule has 0 aliphatic carbocycles. The summed E-state index contributed by atoms with van der Waals surface area (Å²) in [6.45, 7) is 4.93. The van der Waals surface area contributed by atoms with Gasteiger partial charge in [-0.2, -0.15) is 15.0 Å². The first-order valence-electron chi connectivity index (χ1n) is 6.11. The minimum atomic E-state index is 0.193. The highest BCUT2D eigenvalue weighted by Crippen LogP contribution is 2.22. The zero-order chi connectivity index (χ0) is 13.0. The van der Waals surface area contributed by atoms with Gasteiger partial charge in [0.25, 0.3) is 0 Å². The molecule has 100 valence electrons. The first-order chi connectivity index (χ1) is 8.72. The molecule has 1 atom stereocenters. The Hall–Kier alpha value is -1.63. The van der Waals surface area contributed by atoms with Gasteiger partial charge in [0.15, 0.2) is 0 Å². The Morgan fingerprint density at radius 3 is 2.94 bits per heavy atom. The van der Waals surface area contributed by atoms with Crippen molar-refractivity contribution in [2.45, 2.75) is 13.3 Å². The normalized spacial score (nSPS) is 19.2. The van der Waals surface area contributed by atoms with Crippen molar-refractivity contribution in [3.05, 3.63) is 0 Å². The molecule has 1 saturated heterocycles. The summed E-state index contributed by atoms with van der Waals surface area (Å²) < 4.78 is 10.4. The Bertz CT molecular complexity index is 401. The van der Waals surface area contributed by atoms with Crippen molar-refractivity contribution in [1.82, 2.24) is 15.0 Å². The van der Waals surface area contributed by atoms with Crippen molar-refractivity contribution in [2.24, 2.45) is 5.92 Å². The van der Waals surface area contributed by atoms with Crippen LogP contribution in [-0.4, -0.2) is 48.4 Å². The van der Waals surface area contributed by atoms with Crippen molar-refractivity contribution in [3.63, 3.8) is 0 Å². The number of aromatic nitrogens is 3. The quantitative estimate of drug-likeness (QED) is 0.808. The predicted octanol–water partition coefficient (Wildman–Crippen LogP) is 0.325. The van der Waals surface area contributed by atoms with E-state index in [2.05, 4.69) is 19.9 Å². The van der Waals surface area contributed by atoms with Crippen molar-refractivity contribution < 1.29 is 9.47 Å². The third-order valence-electron chi connectivity index (χ3n) is 2.86. The molecule has 1 aliphatic rings. The number of nitrogen functional groups attached to an aromatic ring is 1. The Morgan fingerprint density at radius 2 is 2.22 bits per heavy atom. The summed E-state index contributed by atoms with van der Waals surface area (Å²) >= 11 is 0. The monoisotopic (exact) mass is 253 g/mol. The molecule has 0 aromatic carbocycles. The summed E-state index contributed by atoms with van der Waals surface area (Å²) in [5, 5.41) is 0. The second kappa shape index (κ2) is 5.81. The third kappa shape index (κ3) is 2.98. The average Bonchev–Trinajstić information content (AvgIpc) is 2.78. The zero-order valence-electron chi connectivity index (χ0n) is 10.8. The van der Waals surface area contributed by atoms with E-state index >= 15 is 0 Å². The molecule has 0 saturated carbocycles. The van der Waals surface area contributed by atoms with Crippen LogP contribution in [0.5, 0.6) is 6.01 Å². The van der Waals surface area contributed by atoms with Crippen LogP contribution in [0.25, 0.3) is 0 Å². The highest BCUT2D eigenvalue weighted by atomic mass is 16.5. The lowest BCUT2D eigenvalue weighted by Gasteiger charge is -2.16. The fourth-order valence-electron chi connectivity index (χ4n) is 2.08. The molecule has 0 bridgehead atoms. The van der Waals surface area contributed by atoms with Crippen LogP contribution in [0.4, 0.5) is 11.9 Å².